The third-order valence-electron chi connectivity index (χ3n) is 5.49. The summed E-state index contributed by atoms with van der Waals surface area (Å²) < 4.78 is 27.4. The average molecular weight is 455 g/mol. The first-order chi connectivity index (χ1) is 14.9. The molecular formula is C23H26N4O2S2. The number of sulfonamides is 1. The molecule has 0 atom stereocenters. The molecule has 162 valence electrons. The van der Waals surface area contributed by atoms with Gasteiger partial charge >= 0.3 is 0 Å². The van der Waals surface area contributed by atoms with Crippen LogP contribution in [0.3, 0.4) is 0 Å². The maximum Gasteiger partial charge on any atom is 0.243 e. The zero-order chi connectivity index (χ0) is 21.8. The Labute approximate surface area is 187 Å². The van der Waals surface area contributed by atoms with Gasteiger partial charge in [-0.2, -0.15) is 9.41 Å². The van der Waals surface area contributed by atoms with E-state index >= 15 is 0 Å². The van der Waals surface area contributed by atoms with Gasteiger partial charge in [0.05, 0.1) is 16.8 Å². The van der Waals surface area contributed by atoms with Gasteiger partial charge in [-0.1, -0.05) is 48.9 Å². The maximum absolute atomic E-state index is 12.9. The van der Waals surface area contributed by atoms with E-state index in [1.54, 1.807) is 22.7 Å². The van der Waals surface area contributed by atoms with Gasteiger partial charge in [-0.15, -0.1) is 11.3 Å². The molecule has 0 bridgehead atoms. The van der Waals surface area contributed by atoms with Gasteiger partial charge in [-0.3, -0.25) is 5.43 Å². The number of piperidine rings is 1. The molecular weight excluding hydrogens is 428 g/mol. The molecule has 1 N–H and O–H groups in total. The van der Waals surface area contributed by atoms with Gasteiger partial charge in [0, 0.05) is 24.0 Å². The molecule has 3 aromatic rings. The molecule has 0 radical (unpaired) electrons. The van der Waals surface area contributed by atoms with Gasteiger partial charge in [0.25, 0.3) is 0 Å². The van der Waals surface area contributed by atoms with E-state index in [9.17, 15) is 8.42 Å². The van der Waals surface area contributed by atoms with E-state index in [0.717, 1.165) is 29.7 Å². The molecule has 1 fully saturated rings. The molecule has 6 nitrogen and oxygen atoms in total. The second-order valence-corrected chi connectivity index (χ2v) is 10.7. The molecule has 1 saturated heterocycles. The van der Waals surface area contributed by atoms with E-state index in [1.165, 1.54) is 16.9 Å². The first kappa shape index (κ1) is 21.7. The van der Waals surface area contributed by atoms with Crippen molar-refractivity contribution in [1.82, 2.24) is 9.29 Å². The van der Waals surface area contributed by atoms with E-state index in [0.29, 0.717) is 29.0 Å². The molecule has 4 rings (SSSR count). The van der Waals surface area contributed by atoms with Crippen LogP contribution in [0, 0.1) is 12.8 Å². The summed E-state index contributed by atoms with van der Waals surface area (Å²) >= 11 is 1.45. The average Bonchev–Trinajstić information content (AvgIpc) is 3.24. The zero-order valence-corrected chi connectivity index (χ0v) is 19.3. The van der Waals surface area contributed by atoms with Crippen molar-refractivity contribution in [2.24, 2.45) is 11.0 Å². The van der Waals surface area contributed by atoms with Crippen LogP contribution in [0.25, 0.3) is 11.3 Å². The topological polar surface area (TPSA) is 74.7 Å². The number of rotatable bonds is 6. The molecule has 1 aliphatic rings. The number of hydrazone groups is 1. The number of hydrogen-bond donors (Lipinski definition) is 1. The predicted molar refractivity (Wildman–Crippen MR) is 127 cm³/mol. The maximum atomic E-state index is 12.9. The fourth-order valence-electron chi connectivity index (χ4n) is 3.44. The fourth-order valence-corrected chi connectivity index (χ4v) is 5.58. The summed E-state index contributed by atoms with van der Waals surface area (Å²) in [4.78, 5) is 4.88. The van der Waals surface area contributed by atoms with Crippen LogP contribution < -0.4 is 5.43 Å². The van der Waals surface area contributed by atoms with Crippen molar-refractivity contribution in [1.29, 1.82) is 0 Å². The summed E-state index contributed by atoms with van der Waals surface area (Å²) in [7, 11) is -3.44. The molecule has 2 aromatic carbocycles. The van der Waals surface area contributed by atoms with E-state index in [1.807, 2.05) is 48.7 Å². The lowest BCUT2D eigenvalue weighted by molar-refractivity contribution is 0.288. The second-order valence-electron chi connectivity index (χ2n) is 7.93. The normalized spacial score (nSPS) is 16.1. The van der Waals surface area contributed by atoms with E-state index in [2.05, 4.69) is 22.4 Å². The lowest BCUT2D eigenvalue weighted by Crippen LogP contribution is -2.37. The van der Waals surface area contributed by atoms with Crippen molar-refractivity contribution in [3.8, 4) is 11.3 Å². The van der Waals surface area contributed by atoms with Crippen molar-refractivity contribution in [3.63, 3.8) is 0 Å². The molecule has 31 heavy (non-hydrogen) atoms. The van der Waals surface area contributed by atoms with Gasteiger partial charge in [-0.05, 0) is 43.4 Å². The van der Waals surface area contributed by atoms with E-state index in [4.69, 9.17) is 0 Å². The SMILES string of the molecule is Cc1ccc(/C=N/Nc2nc(-c3ccc(S(=O)(=O)N4CCC(C)CC4)cc3)cs2)cc1. The lowest BCUT2D eigenvalue weighted by Gasteiger charge is -2.29. The number of aromatic nitrogens is 1. The van der Waals surface area contributed by atoms with Crippen molar-refractivity contribution >= 4 is 32.7 Å². The Morgan fingerprint density at radius 1 is 1.10 bits per heavy atom. The Bertz CT molecular complexity index is 1150. The van der Waals surface area contributed by atoms with Crippen molar-refractivity contribution in [3.05, 3.63) is 65.0 Å². The number of benzene rings is 2. The standard InChI is InChI=1S/C23H26N4O2S2/c1-17-3-5-19(6-4-17)15-24-26-23-25-22(16-30-23)20-7-9-21(10-8-20)31(28,29)27-13-11-18(2)12-14-27/h3-10,15-16,18H,11-14H2,1-2H3,(H,25,26)/b24-15+. The molecule has 2 heterocycles. The highest BCUT2D eigenvalue weighted by molar-refractivity contribution is 7.89. The second kappa shape index (κ2) is 9.30. The predicted octanol–water partition coefficient (Wildman–Crippen LogP) is 4.99. The van der Waals surface area contributed by atoms with E-state index in [-0.39, 0.29) is 0 Å². The van der Waals surface area contributed by atoms with E-state index < -0.39 is 10.0 Å². The number of nitrogens with zero attached hydrogens (tertiary/aromatic N) is 3. The highest BCUT2D eigenvalue weighted by Crippen LogP contribution is 2.28. The van der Waals surface area contributed by atoms with Crippen LogP contribution in [0.4, 0.5) is 5.13 Å². The van der Waals surface area contributed by atoms with Gasteiger partial charge in [0.15, 0.2) is 0 Å². The Hall–Kier alpha value is -2.55. The van der Waals surface area contributed by atoms with Gasteiger partial charge in [0.1, 0.15) is 0 Å². The monoisotopic (exact) mass is 454 g/mol. The summed E-state index contributed by atoms with van der Waals surface area (Å²) in [6, 6.07) is 15.1. The van der Waals surface area contributed by atoms with Gasteiger partial charge in [0.2, 0.25) is 15.2 Å². The lowest BCUT2D eigenvalue weighted by atomic mass is 10.0. The third kappa shape index (κ3) is 5.20. The Morgan fingerprint density at radius 2 is 1.77 bits per heavy atom. The Morgan fingerprint density at radius 3 is 2.45 bits per heavy atom. The van der Waals surface area contributed by atoms with Crippen LogP contribution in [0.5, 0.6) is 0 Å². The molecule has 1 aromatic heterocycles. The number of aryl methyl sites for hydroxylation is 1. The highest BCUT2D eigenvalue weighted by Gasteiger charge is 2.27. The minimum Gasteiger partial charge on any atom is -0.253 e. The number of thiazole rings is 1. The highest BCUT2D eigenvalue weighted by atomic mass is 32.2. The van der Waals surface area contributed by atoms with Crippen LogP contribution in [0.15, 0.2) is 63.9 Å². The van der Waals surface area contributed by atoms with Crippen LogP contribution in [-0.4, -0.2) is 37.0 Å². The largest absolute Gasteiger partial charge is 0.253 e. The van der Waals surface area contributed by atoms with Gasteiger partial charge < -0.3 is 0 Å². The minimum absolute atomic E-state index is 0.335. The Balaban J connectivity index is 1.41. The smallest absolute Gasteiger partial charge is 0.243 e. The van der Waals surface area contributed by atoms with Crippen molar-refractivity contribution in [2.45, 2.75) is 31.6 Å². The minimum atomic E-state index is -3.44. The number of nitrogens with one attached hydrogen (secondary N) is 1. The zero-order valence-electron chi connectivity index (χ0n) is 17.7. The first-order valence-electron chi connectivity index (χ1n) is 10.3. The summed E-state index contributed by atoms with van der Waals surface area (Å²) in [6.07, 6.45) is 3.58. The first-order valence-corrected chi connectivity index (χ1v) is 12.7. The summed E-state index contributed by atoms with van der Waals surface area (Å²) in [5, 5.41) is 6.85. The van der Waals surface area contributed by atoms with Crippen LogP contribution in [-0.2, 0) is 10.0 Å². The number of hydrogen-bond acceptors (Lipinski definition) is 6. The van der Waals surface area contributed by atoms with Crippen LogP contribution >= 0.6 is 11.3 Å². The molecule has 1 aliphatic heterocycles. The van der Waals surface area contributed by atoms with Crippen LogP contribution in [0.2, 0.25) is 0 Å². The molecule has 8 heteroatoms. The summed E-state index contributed by atoms with van der Waals surface area (Å²) in [5.74, 6) is 0.586. The molecule has 0 aliphatic carbocycles. The Kier molecular flexibility index (Phi) is 6.50. The third-order valence-corrected chi connectivity index (χ3v) is 8.15. The summed E-state index contributed by atoms with van der Waals surface area (Å²) in [6.45, 7) is 5.40. The van der Waals surface area contributed by atoms with Crippen molar-refractivity contribution < 1.29 is 8.42 Å². The molecule has 0 saturated carbocycles. The van der Waals surface area contributed by atoms with Gasteiger partial charge in [-0.25, -0.2) is 13.4 Å². The molecule has 0 unspecified atom stereocenters. The quantitative estimate of drug-likeness (QED) is 0.421. The van der Waals surface area contributed by atoms with Crippen LogP contribution in [0.1, 0.15) is 30.9 Å². The number of anilines is 1. The fraction of sp³-hybridized carbons (Fsp3) is 0.304. The molecule has 0 amide bonds. The van der Waals surface area contributed by atoms with Crippen molar-refractivity contribution in [2.75, 3.05) is 18.5 Å². The summed E-state index contributed by atoms with van der Waals surface area (Å²) in [5.41, 5.74) is 6.83. The molecule has 0 spiro atoms.